The third-order valence-electron chi connectivity index (χ3n) is 3.96. The van der Waals surface area contributed by atoms with Gasteiger partial charge in [-0.15, -0.1) is 0 Å². The largest absolute Gasteiger partial charge is 0.393 e. The van der Waals surface area contributed by atoms with Crippen LogP contribution in [0.15, 0.2) is 0 Å². The van der Waals surface area contributed by atoms with E-state index in [1.165, 1.54) is 32.2 Å². The molecule has 0 heterocycles. The van der Waals surface area contributed by atoms with E-state index in [-0.39, 0.29) is 6.10 Å². The van der Waals surface area contributed by atoms with Gasteiger partial charge in [-0.3, -0.25) is 4.90 Å². The van der Waals surface area contributed by atoms with Crippen LogP contribution in [0.3, 0.4) is 0 Å². The van der Waals surface area contributed by atoms with Gasteiger partial charge in [0.1, 0.15) is 0 Å². The maximum Gasteiger partial charge on any atom is 0.0541 e. The Labute approximate surface area is 93.7 Å². The molecular weight excluding hydrogens is 186 g/mol. The number of hydrogen-bond acceptors (Lipinski definition) is 2. The number of rotatable bonds is 4. The topological polar surface area (TPSA) is 23.5 Å². The second-order valence-electron chi connectivity index (χ2n) is 5.70. The minimum absolute atomic E-state index is 0.0174. The van der Waals surface area contributed by atoms with Crippen LogP contribution >= 0.6 is 0 Å². The molecule has 0 aromatic rings. The summed E-state index contributed by atoms with van der Waals surface area (Å²) in [4.78, 5) is 2.68. The van der Waals surface area contributed by atoms with Crippen molar-refractivity contribution in [3.63, 3.8) is 0 Å². The van der Waals surface area contributed by atoms with Gasteiger partial charge in [-0.1, -0.05) is 0 Å². The first-order valence-electron chi connectivity index (χ1n) is 6.60. The summed E-state index contributed by atoms with van der Waals surface area (Å²) >= 11 is 0. The molecule has 0 atom stereocenters. The molecule has 0 unspecified atom stereocenters. The summed E-state index contributed by atoms with van der Waals surface area (Å²) in [5.41, 5.74) is 0. The van der Waals surface area contributed by atoms with Crippen molar-refractivity contribution in [1.82, 2.24) is 4.90 Å². The van der Waals surface area contributed by atoms with Crippen LogP contribution in [0.4, 0.5) is 0 Å². The standard InChI is InChI=1S/C13H25NO/c1-10(2)14(9-11-3-4-11)12-5-7-13(15)8-6-12/h10-13,15H,3-9H2,1-2H3. The van der Waals surface area contributed by atoms with Crippen molar-refractivity contribution >= 4 is 0 Å². The molecule has 2 aliphatic carbocycles. The van der Waals surface area contributed by atoms with Crippen LogP contribution in [0.25, 0.3) is 0 Å². The fourth-order valence-electron chi connectivity index (χ4n) is 2.77. The highest BCUT2D eigenvalue weighted by atomic mass is 16.3. The molecule has 0 amide bonds. The van der Waals surface area contributed by atoms with E-state index in [0.29, 0.717) is 6.04 Å². The third-order valence-corrected chi connectivity index (χ3v) is 3.96. The molecule has 2 rings (SSSR count). The number of hydrogen-bond donors (Lipinski definition) is 1. The van der Waals surface area contributed by atoms with Crippen molar-refractivity contribution in [2.45, 2.75) is 70.6 Å². The van der Waals surface area contributed by atoms with Gasteiger partial charge >= 0.3 is 0 Å². The lowest BCUT2D eigenvalue weighted by atomic mass is 9.91. The molecule has 0 saturated heterocycles. The molecular formula is C13H25NO. The van der Waals surface area contributed by atoms with Crippen molar-refractivity contribution < 1.29 is 5.11 Å². The molecule has 0 aromatic carbocycles. The Morgan fingerprint density at radius 2 is 1.67 bits per heavy atom. The van der Waals surface area contributed by atoms with E-state index in [1.54, 1.807) is 0 Å². The summed E-state index contributed by atoms with van der Waals surface area (Å²) in [6, 6.07) is 1.42. The summed E-state index contributed by atoms with van der Waals surface area (Å²) in [6.07, 6.45) is 7.29. The van der Waals surface area contributed by atoms with Crippen molar-refractivity contribution in [1.29, 1.82) is 0 Å². The minimum atomic E-state index is -0.0174. The van der Waals surface area contributed by atoms with E-state index >= 15 is 0 Å². The SMILES string of the molecule is CC(C)N(CC1CC1)C1CCC(O)CC1. The second kappa shape index (κ2) is 4.84. The summed E-state index contributed by atoms with van der Waals surface area (Å²) in [7, 11) is 0. The zero-order valence-corrected chi connectivity index (χ0v) is 10.2. The first kappa shape index (κ1) is 11.4. The summed E-state index contributed by atoms with van der Waals surface area (Å²) < 4.78 is 0. The molecule has 0 bridgehead atoms. The molecule has 15 heavy (non-hydrogen) atoms. The molecule has 2 saturated carbocycles. The highest BCUT2D eigenvalue weighted by molar-refractivity contribution is 4.85. The highest BCUT2D eigenvalue weighted by Crippen LogP contribution is 2.33. The average Bonchev–Trinajstić information content (AvgIpc) is 2.99. The van der Waals surface area contributed by atoms with Crippen LogP contribution in [0.5, 0.6) is 0 Å². The van der Waals surface area contributed by atoms with Crippen LogP contribution in [0.1, 0.15) is 52.4 Å². The van der Waals surface area contributed by atoms with Crippen molar-refractivity contribution in [3.8, 4) is 0 Å². The lowest BCUT2D eigenvalue weighted by Crippen LogP contribution is -2.44. The number of aliphatic hydroxyl groups is 1. The average molecular weight is 211 g/mol. The van der Waals surface area contributed by atoms with Crippen molar-refractivity contribution in [2.75, 3.05) is 6.54 Å². The molecule has 0 spiro atoms. The fraction of sp³-hybridized carbons (Fsp3) is 1.00. The van der Waals surface area contributed by atoms with E-state index in [1.807, 2.05) is 0 Å². The van der Waals surface area contributed by atoms with Gasteiger partial charge in [-0.25, -0.2) is 0 Å². The normalized spacial score (nSPS) is 32.6. The quantitative estimate of drug-likeness (QED) is 0.772. The predicted octanol–water partition coefficient (Wildman–Crippen LogP) is 2.41. The van der Waals surface area contributed by atoms with Gasteiger partial charge in [0.15, 0.2) is 0 Å². The Morgan fingerprint density at radius 3 is 2.13 bits per heavy atom. The lowest BCUT2D eigenvalue weighted by Gasteiger charge is -2.38. The van der Waals surface area contributed by atoms with Gasteiger partial charge in [0, 0.05) is 18.6 Å². The lowest BCUT2D eigenvalue weighted by molar-refractivity contribution is 0.0567. The number of nitrogens with zero attached hydrogens (tertiary/aromatic N) is 1. The Morgan fingerprint density at radius 1 is 1.07 bits per heavy atom. The smallest absolute Gasteiger partial charge is 0.0541 e. The second-order valence-corrected chi connectivity index (χ2v) is 5.70. The minimum Gasteiger partial charge on any atom is -0.393 e. The van der Waals surface area contributed by atoms with E-state index < -0.39 is 0 Å². The first-order valence-corrected chi connectivity index (χ1v) is 6.60. The third kappa shape index (κ3) is 3.18. The monoisotopic (exact) mass is 211 g/mol. The first-order chi connectivity index (χ1) is 7.16. The van der Waals surface area contributed by atoms with E-state index in [9.17, 15) is 5.11 Å². The molecule has 2 nitrogen and oxygen atoms in total. The van der Waals surface area contributed by atoms with Crippen LogP contribution in [-0.4, -0.2) is 34.7 Å². The van der Waals surface area contributed by atoms with E-state index in [4.69, 9.17) is 0 Å². The predicted molar refractivity (Wildman–Crippen MR) is 62.8 cm³/mol. The van der Waals surface area contributed by atoms with E-state index in [2.05, 4.69) is 18.7 Å². The van der Waals surface area contributed by atoms with Gasteiger partial charge in [-0.05, 0) is 58.3 Å². The van der Waals surface area contributed by atoms with Gasteiger partial charge in [0.05, 0.1) is 6.10 Å². The zero-order chi connectivity index (χ0) is 10.8. The van der Waals surface area contributed by atoms with Crippen LogP contribution in [0.2, 0.25) is 0 Å². The summed E-state index contributed by atoms with van der Waals surface area (Å²) in [5, 5.41) is 9.52. The molecule has 2 fully saturated rings. The molecule has 88 valence electrons. The van der Waals surface area contributed by atoms with Gasteiger partial charge in [0.25, 0.3) is 0 Å². The van der Waals surface area contributed by atoms with E-state index in [0.717, 1.165) is 24.8 Å². The van der Waals surface area contributed by atoms with Crippen molar-refractivity contribution in [2.24, 2.45) is 5.92 Å². The highest BCUT2D eigenvalue weighted by Gasteiger charge is 2.31. The molecule has 0 aromatic heterocycles. The summed E-state index contributed by atoms with van der Waals surface area (Å²) in [6.45, 7) is 5.93. The Balaban J connectivity index is 1.85. The van der Waals surface area contributed by atoms with Gasteiger partial charge in [0.2, 0.25) is 0 Å². The van der Waals surface area contributed by atoms with Crippen LogP contribution in [0, 0.1) is 5.92 Å². The Bertz CT molecular complexity index is 193. The fourth-order valence-corrected chi connectivity index (χ4v) is 2.77. The van der Waals surface area contributed by atoms with Gasteiger partial charge in [-0.2, -0.15) is 0 Å². The summed E-state index contributed by atoms with van der Waals surface area (Å²) in [5.74, 6) is 0.985. The van der Waals surface area contributed by atoms with Crippen molar-refractivity contribution in [3.05, 3.63) is 0 Å². The Hall–Kier alpha value is -0.0800. The number of aliphatic hydroxyl groups excluding tert-OH is 1. The molecule has 0 radical (unpaired) electrons. The molecule has 0 aliphatic heterocycles. The Kier molecular flexibility index (Phi) is 3.68. The van der Waals surface area contributed by atoms with Crippen LogP contribution < -0.4 is 0 Å². The molecule has 2 heteroatoms. The molecule has 1 N–H and O–H groups in total. The van der Waals surface area contributed by atoms with Crippen LogP contribution in [-0.2, 0) is 0 Å². The zero-order valence-electron chi connectivity index (χ0n) is 10.2. The maximum absolute atomic E-state index is 9.52. The maximum atomic E-state index is 9.52. The molecule has 2 aliphatic rings. The van der Waals surface area contributed by atoms with Gasteiger partial charge < -0.3 is 5.11 Å².